The van der Waals surface area contributed by atoms with Gasteiger partial charge >= 0.3 is 0 Å². The van der Waals surface area contributed by atoms with E-state index in [1.165, 1.54) is 16.5 Å². The Morgan fingerprint density at radius 2 is 1.53 bits per heavy atom. The highest BCUT2D eigenvalue weighted by atomic mass is 14.5. The van der Waals surface area contributed by atoms with E-state index in [2.05, 4.69) is 31.5 Å². The normalized spacial score (nSPS) is 9.93. The molecule has 0 saturated carbocycles. The molecule has 0 amide bonds. The summed E-state index contributed by atoms with van der Waals surface area (Å²) in [6.07, 6.45) is 0. The van der Waals surface area contributed by atoms with Gasteiger partial charge in [-0.3, -0.25) is 0 Å². The fourth-order valence-corrected chi connectivity index (χ4v) is 1.59. The molecule has 73 valence electrons. The maximum atomic E-state index is 5.68. The zero-order chi connectivity index (χ0) is 10.5. The number of nitrogens with two attached hydrogens (primary N) is 1. The van der Waals surface area contributed by atoms with Crippen molar-refractivity contribution in [1.82, 2.24) is 0 Å². The van der Waals surface area contributed by atoms with Gasteiger partial charge < -0.3 is 5.73 Å². The highest BCUT2D eigenvalue weighted by molar-refractivity contribution is 6.67. The second-order valence-electron chi connectivity index (χ2n) is 3.46. The first-order valence-corrected chi connectivity index (χ1v) is 5.08. The van der Waals surface area contributed by atoms with Crippen LogP contribution in [0.2, 0.25) is 0 Å². The summed E-state index contributed by atoms with van der Waals surface area (Å²) < 4.78 is 0. The summed E-state index contributed by atoms with van der Waals surface area (Å²) in [6, 6.07) is 18.5. The number of benzene rings is 2. The molecule has 2 N–H and O–H groups in total. The molecule has 0 spiro atoms. The van der Waals surface area contributed by atoms with E-state index in [1.54, 1.807) is 0 Å². The molecular formula is C13H13BN. The van der Waals surface area contributed by atoms with E-state index in [9.17, 15) is 0 Å². The van der Waals surface area contributed by atoms with Gasteiger partial charge in [0.25, 0.3) is 0 Å². The lowest BCUT2D eigenvalue weighted by Gasteiger charge is -2.06. The van der Waals surface area contributed by atoms with E-state index in [0.717, 1.165) is 0 Å². The Kier molecular flexibility index (Phi) is 3.20. The molecule has 1 nitrogen and oxygen atoms in total. The summed E-state index contributed by atoms with van der Waals surface area (Å²) in [5, 5.41) is 0. The highest BCUT2D eigenvalue weighted by Gasteiger charge is 2.02. The molecule has 0 aliphatic rings. The Balaban J connectivity index is 2.24. The lowest BCUT2D eigenvalue weighted by Crippen LogP contribution is -2.30. The maximum Gasteiger partial charge on any atom is 0.191 e. The van der Waals surface area contributed by atoms with Crippen LogP contribution < -0.4 is 16.7 Å². The van der Waals surface area contributed by atoms with Gasteiger partial charge in [0.05, 0.1) is 0 Å². The maximum absolute atomic E-state index is 5.68. The van der Waals surface area contributed by atoms with Crippen molar-refractivity contribution in [3.8, 4) is 0 Å². The molecule has 1 radical (unpaired) electrons. The summed E-state index contributed by atoms with van der Waals surface area (Å²) in [5.41, 5.74) is 9.27. The first kappa shape index (κ1) is 10.00. The first-order valence-electron chi connectivity index (χ1n) is 5.08. The van der Waals surface area contributed by atoms with Crippen molar-refractivity contribution in [3.05, 3.63) is 60.2 Å². The van der Waals surface area contributed by atoms with Crippen LogP contribution in [0.1, 0.15) is 5.56 Å². The monoisotopic (exact) mass is 194 g/mol. The topological polar surface area (TPSA) is 26.0 Å². The fourth-order valence-electron chi connectivity index (χ4n) is 1.59. The summed E-state index contributed by atoms with van der Waals surface area (Å²) in [7, 11) is 2.15. The summed E-state index contributed by atoms with van der Waals surface area (Å²) in [5.74, 6) is 0. The lowest BCUT2D eigenvalue weighted by molar-refractivity contribution is 1.08. The average molecular weight is 194 g/mol. The Morgan fingerprint density at radius 1 is 0.867 bits per heavy atom. The largest absolute Gasteiger partial charge is 0.327 e. The van der Waals surface area contributed by atoms with Crippen LogP contribution in [0.5, 0.6) is 0 Å². The molecule has 15 heavy (non-hydrogen) atoms. The van der Waals surface area contributed by atoms with Crippen LogP contribution in [0, 0.1) is 0 Å². The van der Waals surface area contributed by atoms with Crippen LogP contribution in [-0.4, -0.2) is 7.28 Å². The summed E-state index contributed by atoms with van der Waals surface area (Å²) in [6.45, 7) is 0.583. The van der Waals surface area contributed by atoms with Gasteiger partial charge in [0.15, 0.2) is 7.28 Å². The SMILES string of the molecule is NCc1ccccc1[B]c1ccccc1. The third-order valence-electron chi connectivity index (χ3n) is 2.40. The van der Waals surface area contributed by atoms with E-state index in [0.29, 0.717) is 6.54 Å². The van der Waals surface area contributed by atoms with Gasteiger partial charge in [-0.25, -0.2) is 0 Å². The third-order valence-corrected chi connectivity index (χ3v) is 2.40. The molecule has 0 fully saturated rings. The average Bonchev–Trinajstić information content (AvgIpc) is 2.31. The van der Waals surface area contributed by atoms with Gasteiger partial charge in [0.2, 0.25) is 0 Å². The van der Waals surface area contributed by atoms with Gasteiger partial charge in [-0.05, 0) is 5.56 Å². The quantitative estimate of drug-likeness (QED) is 0.718. The number of rotatable bonds is 3. The Morgan fingerprint density at radius 3 is 2.27 bits per heavy atom. The predicted octanol–water partition coefficient (Wildman–Crippen LogP) is 0.800. The van der Waals surface area contributed by atoms with Crippen LogP contribution >= 0.6 is 0 Å². The predicted molar refractivity (Wildman–Crippen MR) is 65.8 cm³/mol. The van der Waals surface area contributed by atoms with Crippen LogP contribution in [-0.2, 0) is 6.54 Å². The minimum atomic E-state index is 0.583. The third kappa shape index (κ3) is 2.48. The first-order chi connectivity index (χ1) is 7.40. The van der Waals surface area contributed by atoms with Gasteiger partial charge in [-0.2, -0.15) is 0 Å². The van der Waals surface area contributed by atoms with Crippen LogP contribution in [0.4, 0.5) is 0 Å². The van der Waals surface area contributed by atoms with E-state index in [-0.39, 0.29) is 0 Å². The molecular weight excluding hydrogens is 181 g/mol. The second kappa shape index (κ2) is 4.81. The van der Waals surface area contributed by atoms with Crippen molar-refractivity contribution in [2.75, 3.05) is 0 Å². The van der Waals surface area contributed by atoms with Crippen molar-refractivity contribution in [2.45, 2.75) is 6.54 Å². The zero-order valence-corrected chi connectivity index (χ0v) is 8.56. The van der Waals surface area contributed by atoms with Gasteiger partial charge in [0.1, 0.15) is 0 Å². The molecule has 0 saturated heterocycles. The van der Waals surface area contributed by atoms with Gasteiger partial charge in [0, 0.05) is 6.54 Å². The van der Waals surface area contributed by atoms with Crippen LogP contribution in [0.3, 0.4) is 0 Å². The summed E-state index contributed by atoms with van der Waals surface area (Å²) in [4.78, 5) is 0. The molecule has 2 rings (SSSR count). The minimum absolute atomic E-state index is 0.583. The number of hydrogen-bond acceptors (Lipinski definition) is 1. The van der Waals surface area contributed by atoms with E-state index in [1.807, 2.05) is 30.3 Å². The smallest absolute Gasteiger partial charge is 0.191 e. The van der Waals surface area contributed by atoms with Crippen molar-refractivity contribution in [1.29, 1.82) is 0 Å². The molecule has 2 aromatic rings. The lowest BCUT2D eigenvalue weighted by atomic mass is 9.62. The standard InChI is InChI=1S/C13H13BN/c15-10-11-6-4-5-9-13(11)14-12-7-2-1-3-8-12/h1-9H,10,15H2. The minimum Gasteiger partial charge on any atom is -0.327 e. The molecule has 0 aliphatic heterocycles. The molecule has 2 heteroatoms. The Hall–Kier alpha value is -1.54. The molecule has 0 aromatic heterocycles. The van der Waals surface area contributed by atoms with Crippen molar-refractivity contribution < 1.29 is 0 Å². The van der Waals surface area contributed by atoms with Crippen LogP contribution in [0.15, 0.2) is 54.6 Å². The van der Waals surface area contributed by atoms with Gasteiger partial charge in [-0.1, -0.05) is 65.5 Å². The molecule has 0 bridgehead atoms. The molecule has 2 aromatic carbocycles. The molecule has 0 aliphatic carbocycles. The molecule has 0 heterocycles. The summed E-state index contributed by atoms with van der Waals surface area (Å²) >= 11 is 0. The highest BCUT2D eigenvalue weighted by Crippen LogP contribution is 1.93. The van der Waals surface area contributed by atoms with E-state index in [4.69, 9.17) is 5.73 Å². The fraction of sp³-hybridized carbons (Fsp3) is 0.0769. The van der Waals surface area contributed by atoms with Crippen molar-refractivity contribution in [2.24, 2.45) is 5.73 Å². The Labute approximate surface area is 91.2 Å². The van der Waals surface area contributed by atoms with Crippen LogP contribution in [0.25, 0.3) is 0 Å². The van der Waals surface area contributed by atoms with Crippen molar-refractivity contribution in [3.63, 3.8) is 0 Å². The van der Waals surface area contributed by atoms with E-state index < -0.39 is 0 Å². The van der Waals surface area contributed by atoms with Gasteiger partial charge in [-0.15, -0.1) is 0 Å². The molecule has 0 unspecified atom stereocenters. The Bertz CT molecular complexity index is 426. The van der Waals surface area contributed by atoms with Crippen molar-refractivity contribution >= 4 is 18.2 Å². The second-order valence-corrected chi connectivity index (χ2v) is 3.46. The van der Waals surface area contributed by atoms with E-state index >= 15 is 0 Å². The zero-order valence-electron chi connectivity index (χ0n) is 8.56. The number of hydrogen-bond donors (Lipinski definition) is 1. The molecule has 0 atom stereocenters.